The van der Waals surface area contributed by atoms with E-state index in [0.717, 1.165) is 19.2 Å². The fourth-order valence-electron chi connectivity index (χ4n) is 2.80. The van der Waals surface area contributed by atoms with E-state index >= 15 is 0 Å². The Balaban J connectivity index is 1.82. The Bertz CT molecular complexity index is 205. The van der Waals surface area contributed by atoms with Crippen LogP contribution in [0.25, 0.3) is 0 Å². The van der Waals surface area contributed by atoms with Crippen LogP contribution in [0, 0.1) is 0 Å². The standard InChI is InChI=1S/C15H29NO/c1-2-3-12-17-15(13-16-14-8-9-14)10-6-4-5-7-11-15/h14,16H,2-13H2,1H3. The summed E-state index contributed by atoms with van der Waals surface area (Å²) in [4.78, 5) is 0. The highest BCUT2D eigenvalue weighted by atomic mass is 16.5. The van der Waals surface area contributed by atoms with E-state index in [4.69, 9.17) is 4.74 Å². The van der Waals surface area contributed by atoms with Crippen LogP contribution >= 0.6 is 0 Å². The molecule has 2 rings (SSSR count). The highest BCUT2D eigenvalue weighted by Crippen LogP contribution is 2.31. The average Bonchev–Trinajstić information content (AvgIpc) is 3.15. The van der Waals surface area contributed by atoms with E-state index in [1.807, 2.05) is 0 Å². The first-order valence-electron chi connectivity index (χ1n) is 7.72. The molecular formula is C15H29NO. The molecule has 2 fully saturated rings. The van der Waals surface area contributed by atoms with Gasteiger partial charge in [-0.2, -0.15) is 0 Å². The molecule has 0 aromatic heterocycles. The van der Waals surface area contributed by atoms with E-state index < -0.39 is 0 Å². The van der Waals surface area contributed by atoms with Crippen molar-refractivity contribution in [2.45, 2.75) is 82.8 Å². The van der Waals surface area contributed by atoms with Crippen LogP contribution in [-0.2, 0) is 4.74 Å². The predicted octanol–water partition coefficient (Wildman–Crippen LogP) is 3.65. The maximum Gasteiger partial charge on any atom is 0.0806 e. The summed E-state index contributed by atoms with van der Waals surface area (Å²) in [6.45, 7) is 4.30. The molecule has 1 N–H and O–H groups in total. The number of hydrogen-bond donors (Lipinski definition) is 1. The van der Waals surface area contributed by atoms with Gasteiger partial charge in [-0.15, -0.1) is 0 Å². The van der Waals surface area contributed by atoms with Crippen molar-refractivity contribution in [3.63, 3.8) is 0 Å². The molecule has 2 heteroatoms. The second kappa shape index (κ2) is 6.75. The Morgan fingerprint density at radius 1 is 1.12 bits per heavy atom. The van der Waals surface area contributed by atoms with Crippen molar-refractivity contribution in [1.82, 2.24) is 5.32 Å². The van der Waals surface area contributed by atoms with E-state index in [1.54, 1.807) is 0 Å². The first-order chi connectivity index (χ1) is 8.35. The summed E-state index contributed by atoms with van der Waals surface area (Å²) in [7, 11) is 0. The topological polar surface area (TPSA) is 21.3 Å². The summed E-state index contributed by atoms with van der Waals surface area (Å²) < 4.78 is 6.31. The molecule has 0 radical (unpaired) electrons. The second-order valence-electron chi connectivity index (χ2n) is 5.95. The highest BCUT2D eigenvalue weighted by Gasteiger charge is 2.33. The molecule has 2 aliphatic carbocycles. The summed E-state index contributed by atoms with van der Waals surface area (Å²) >= 11 is 0. The maximum atomic E-state index is 6.31. The quantitative estimate of drug-likeness (QED) is 0.541. The number of unbranched alkanes of at least 4 members (excludes halogenated alkanes) is 1. The molecule has 0 spiro atoms. The molecule has 0 aliphatic heterocycles. The van der Waals surface area contributed by atoms with Crippen molar-refractivity contribution in [2.75, 3.05) is 13.2 Å². The Labute approximate surface area is 107 Å². The Hall–Kier alpha value is -0.0800. The van der Waals surface area contributed by atoms with E-state index in [0.29, 0.717) is 0 Å². The number of nitrogens with one attached hydrogen (secondary N) is 1. The molecule has 0 saturated heterocycles. The molecule has 0 aromatic rings. The fraction of sp³-hybridized carbons (Fsp3) is 1.00. The fourth-order valence-corrected chi connectivity index (χ4v) is 2.80. The van der Waals surface area contributed by atoms with Crippen LogP contribution in [0.2, 0.25) is 0 Å². The number of hydrogen-bond acceptors (Lipinski definition) is 2. The molecule has 0 amide bonds. The number of rotatable bonds is 7. The maximum absolute atomic E-state index is 6.31. The molecule has 0 heterocycles. The minimum atomic E-state index is 0.175. The molecule has 100 valence electrons. The third-order valence-electron chi connectivity index (χ3n) is 4.21. The minimum Gasteiger partial charge on any atom is -0.374 e. The summed E-state index contributed by atoms with van der Waals surface area (Å²) in [5.74, 6) is 0. The normalized spacial score (nSPS) is 24.5. The Morgan fingerprint density at radius 2 is 1.82 bits per heavy atom. The molecule has 0 unspecified atom stereocenters. The largest absolute Gasteiger partial charge is 0.374 e. The van der Waals surface area contributed by atoms with Crippen LogP contribution in [0.3, 0.4) is 0 Å². The van der Waals surface area contributed by atoms with E-state index in [2.05, 4.69) is 12.2 Å². The van der Waals surface area contributed by atoms with Crippen molar-refractivity contribution in [2.24, 2.45) is 0 Å². The summed E-state index contributed by atoms with van der Waals surface area (Å²) in [6, 6.07) is 0.810. The Morgan fingerprint density at radius 3 is 2.41 bits per heavy atom. The summed E-state index contributed by atoms with van der Waals surface area (Å²) in [5, 5.41) is 3.70. The smallest absolute Gasteiger partial charge is 0.0806 e. The number of ether oxygens (including phenoxy) is 1. The van der Waals surface area contributed by atoms with Gasteiger partial charge in [-0.25, -0.2) is 0 Å². The van der Waals surface area contributed by atoms with Gasteiger partial charge in [0.25, 0.3) is 0 Å². The van der Waals surface area contributed by atoms with Gasteiger partial charge in [-0.3, -0.25) is 0 Å². The third-order valence-corrected chi connectivity index (χ3v) is 4.21. The molecule has 0 bridgehead atoms. The van der Waals surface area contributed by atoms with Gasteiger partial charge in [0, 0.05) is 19.2 Å². The van der Waals surface area contributed by atoms with Crippen LogP contribution < -0.4 is 5.32 Å². The zero-order chi connectivity index (χ0) is 12.0. The SMILES string of the molecule is CCCCOC1(CNC2CC2)CCCCCC1. The van der Waals surface area contributed by atoms with Crippen LogP contribution in [0.4, 0.5) is 0 Å². The Kier molecular flexibility index (Phi) is 5.30. The van der Waals surface area contributed by atoms with Crippen molar-refractivity contribution in [3.05, 3.63) is 0 Å². The monoisotopic (exact) mass is 239 g/mol. The van der Waals surface area contributed by atoms with Gasteiger partial charge in [0.2, 0.25) is 0 Å². The van der Waals surface area contributed by atoms with Gasteiger partial charge in [0.15, 0.2) is 0 Å². The van der Waals surface area contributed by atoms with Gasteiger partial charge in [0.1, 0.15) is 0 Å². The molecule has 2 aliphatic rings. The van der Waals surface area contributed by atoms with Gasteiger partial charge in [0.05, 0.1) is 5.60 Å². The molecule has 2 nitrogen and oxygen atoms in total. The zero-order valence-electron chi connectivity index (χ0n) is 11.5. The lowest BCUT2D eigenvalue weighted by Gasteiger charge is -2.33. The highest BCUT2D eigenvalue weighted by molar-refractivity contribution is 4.90. The third kappa shape index (κ3) is 4.59. The first-order valence-corrected chi connectivity index (χ1v) is 7.72. The molecule has 2 saturated carbocycles. The van der Waals surface area contributed by atoms with Gasteiger partial charge >= 0.3 is 0 Å². The summed E-state index contributed by atoms with van der Waals surface area (Å²) in [5.41, 5.74) is 0.175. The predicted molar refractivity (Wildman–Crippen MR) is 72.3 cm³/mol. The van der Waals surface area contributed by atoms with E-state index in [-0.39, 0.29) is 5.60 Å². The average molecular weight is 239 g/mol. The van der Waals surface area contributed by atoms with Gasteiger partial charge in [-0.05, 0) is 32.1 Å². The molecular weight excluding hydrogens is 210 g/mol. The van der Waals surface area contributed by atoms with Crippen LogP contribution in [0.5, 0.6) is 0 Å². The second-order valence-corrected chi connectivity index (χ2v) is 5.95. The van der Waals surface area contributed by atoms with Crippen molar-refractivity contribution < 1.29 is 4.74 Å². The summed E-state index contributed by atoms with van der Waals surface area (Å²) in [6.07, 6.45) is 13.3. The van der Waals surface area contributed by atoms with Crippen molar-refractivity contribution >= 4 is 0 Å². The van der Waals surface area contributed by atoms with E-state index in [1.165, 1.54) is 64.2 Å². The zero-order valence-corrected chi connectivity index (χ0v) is 11.5. The van der Waals surface area contributed by atoms with E-state index in [9.17, 15) is 0 Å². The molecule has 0 atom stereocenters. The lowest BCUT2D eigenvalue weighted by atomic mass is 9.94. The lowest BCUT2D eigenvalue weighted by molar-refractivity contribution is -0.0561. The minimum absolute atomic E-state index is 0.175. The van der Waals surface area contributed by atoms with Gasteiger partial charge < -0.3 is 10.1 Å². The van der Waals surface area contributed by atoms with Crippen molar-refractivity contribution in [3.8, 4) is 0 Å². The van der Waals surface area contributed by atoms with Crippen LogP contribution in [0.1, 0.15) is 71.1 Å². The lowest BCUT2D eigenvalue weighted by Crippen LogP contribution is -2.43. The molecule has 17 heavy (non-hydrogen) atoms. The van der Waals surface area contributed by atoms with Gasteiger partial charge in [-0.1, -0.05) is 39.0 Å². The first kappa shape index (κ1) is 13.4. The van der Waals surface area contributed by atoms with Crippen LogP contribution in [0.15, 0.2) is 0 Å². The van der Waals surface area contributed by atoms with Crippen molar-refractivity contribution in [1.29, 1.82) is 0 Å². The van der Waals surface area contributed by atoms with Crippen LogP contribution in [-0.4, -0.2) is 24.8 Å². The molecule has 0 aromatic carbocycles.